The number of benzene rings is 2. The summed E-state index contributed by atoms with van der Waals surface area (Å²) in [5.74, 6) is 0.179. The zero-order valence-corrected chi connectivity index (χ0v) is 21.3. The van der Waals surface area contributed by atoms with Crippen LogP contribution in [0.3, 0.4) is 0 Å². The molecule has 1 aliphatic carbocycles. The molecule has 1 spiro atoms. The molecule has 1 N–H and O–H groups in total. The second-order valence-electron chi connectivity index (χ2n) is 9.40. The van der Waals surface area contributed by atoms with Gasteiger partial charge in [-0.15, -0.1) is 0 Å². The smallest absolute Gasteiger partial charge is 0.262 e. The molecule has 3 heterocycles. The van der Waals surface area contributed by atoms with Gasteiger partial charge in [-0.1, -0.05) is 24.3 Å². The number of nitrogens with one attached hydrogen (secondary N) is 1. The summed E-state index contributed by atoms with van der Waals surface area (Å²) in [6.45, 7) is 0.338. The molecule has 1 aliphatic heterocycles. The fourth-order valence-corrected chi connectivity index (χ4v) is 6.23. The highest BCUT2D eigenvalue weighted by Gasteiger charge is 2.59. The fourth-order valence-electron chi connectivity index (χ4n) is 5.17. The minimum absolute atomic E-state index is 0.0335. The van der Waals surface area contributed by atoms with Gasteiger partial charge in [0.2, 0.25) is 11.8 Å². The first kappa shape index (κ1) is 23.9. The Morgan fingerprint density at radius 3 is 2.58 bits per heavy atom. The second kappa shape index (κ2) is 8.82. The number of ether oxygens (including phenoxy) is 1. The van der Waals surface area contributed by atoms with Crippen molar-refractivity contribution in [2.75, 3.05) is 23.3 Å². The van der Waals surface area contributed by atoms with Crippen molar-refractivity contribution in [2.45, 2.75) is 29.6 Å². The van der Waals surface area contributed by atoms with Crippen LogP contribution in [0.1, 0.15) is 24.8 Å². The number of pyridine rings is 2. The minimum atomic E-state index is -3.86. The van der Waals surface area contributed by atoms with Crippen LogP contribution in [0, 0.1) is 11.3 Å². The van der Waals surface area contributed by atoms with Crippen LogP contribution in [-0.4, -0.2) is 37.9 Å². The van der Waals surface area contributed by atoms with Gasteiger partial charge < -0.3 is 9.64 Å². The lowest BCUT2D eigenvalue weighted by Gasteiger charge is -2.16. The van der Waals surface area contributed by atoms with Crippen LogP contribution in [-0.2, 0) is 20.2 Å². The number of anilines is 2. The molecular formula is C28H23N5O4S. The lowest BCUT2D eigenvalue weighted by Crippen LogP contribution is -2.32. The van der Waals surface area contributed by atoms with Crippen molar-refractivity contribution in [1.82, 2.24) is 9.97 Å². The first-order valence-corrected chi connectivity index (χ1v) is 13.6. The van der Waals surface area contributed by atoms with Gasteiger partial charge in [-0.2, -0.15) is 5.26 Å². The highest BCUT2D eigenvalue weighted by Crippen LogP contribution is 2.59. The quantitative estimate of drug-likeness (QED) is 0.379. The number of carbonyl (C=O) groups is 1. The number of fused-ring (bicyclic) bond motifs is 4. The molecule has 10 heteroatoms. The predicted octanol–water partition coefficient (Wildman–Crippen LogP) is 4.40. The summed E-state index contributed by atoms with van der Waals surface area (Å²) in [5.41, 5.74) is 3.60. The van der Waals surface area contributed by atoms with Gasteiger partial charge >= 0.3 is 0 Å². The van der Waals surface area contributed by atoms with Crippen LogP contribution >= 0.6 is 0 Å². The summed E-state index contributed by atoms with van der Waals surface area (Å²) in [6, 6.07) is 17.6. The average molecular weight is 526 g/mol. The number of carbonyl (C=O) groups excluding carboxylic acids is 1. The van der Waals surface area contributed by atoms with Gasteiger partial charge in [0.1, 0.15) is 5.69 Å². The number of hydrogen-bond donors (Lipinski definition) is 1. The Morgan fingerprint density at radius 1 is 1.08 bits per heavy atom. The lowest BCUT2D eigenvalue weighted by molar-refractivity contribution is -0.120. The molecule has 0 unspecified atom stereocenters. The van der Waals surface area contributed by atoms with Crippen LogP contribution < -0.4 is 14.4 Å². The van der Waals surface area contributed by atoms with Crippen LogP contribution in [0.25, 0.3) is 22.0 Å². The van der Waals surface area contributed by atoms with E-state index in [0.29, 0.717) is 12.1 Å². The molecule has 1 saturated carbocycles. The summed E-state index contributed by atoms with van der Waals surface area (Å²) in [4.78, 5) is 24.1. The van der Waals surface area contributed by atoms with E-state index in [9.17, 15) is 13.2 Å². The Hall–Kier alpha value is -4.49. The van der Waals surface area contributed by atoms with Gasteiger partial charge in [0.15, 0.2) is 0 Å². The highest BCUT2D eigenvalue weighted by molar-refractivity contribution is 7.92. The molecule has 1 amide bonds. The van der Waals surface area contributed by atoms with Crippen molar-refractivity contribution in [1.29, 1.82) is 5.26 Å². The number of hydrogen-bond acceptors (Lipinski definition) is 7. The van der Waals surface area contributed by atoms with E-state index < -0.39 is 15.4 Å². The van der Waals surface area contributed by atoms with Crippen molar-refractivity contribution in [3.63, 3.8) is 0 Å². The van der Waals surface area contributed by atoms with E-state index in [2.05, 4.69) is 20.8 Å². The van der Waals surface area contributed by atoms with Crippen LogP contribution in [0.2, 0.25) is 0 Å². The van der Waals surface area contributed by atoms with Crippen molar-refractivity contribution in [3.05, 3.63) is 72.6 Å². The number of nitriles is 1. The molecule has 0 atom stereocenters. The van der Waals surface area contributed by atoms with E-state index in [1.54, 1.807) is 41.6 Å². The molecule has 38 heavy (non-hydrogen) atoms. The second-order valence-corrected chi connectivity index (χ2v) is 11.1. The maximum atomic E-state index is 13.3. The zero-order chi connectivity index (χ0) is 26.5. The summed E-state index contributed by atoms with van der Waals surface area (Å²) in [7, 11) is -2.43. The van der Waals surface area contributed by atoms with E-state index in [1.807, 2.05) is 18.2 Å². The molecule has 9 nitrogen and oxygen atoms in total. The van der Waals surface area contributed by atoms with Crippen molar-refractivity contribution in [2.24, 2.45) is 0 Å². The molecule has 0 radical (unpaired) electrons. The summed E-state index contributed by atoms with van der Waals surface area (Å²) < 4.78 is 33.9. The molecular weight excluding hydrogens is 502 g/mol. The van der Waals surface area contributed by atoms with E-state index in [0.717, 1.165) is 40.6 Å². The Kier molecular flexibility index (Phi) is 5.54. The Morgan fingerprint density at radius 2 is 1.87 bits per heavy atom. The van der Waals surface area contributed by atoms with E-state index >= 15 is 0 Å². The van der Waals surface area contributed by atoms with E-state index in [-0.39, 0.29) is 28.8 Å². The molecule has 2 aromatic heterocycles. The van der Waals surface area contributed by atoms with E-state index in [1.165, 1.54) is 19.2 Å². The number of nitrogens with zero attached hydrogens (tertiary/aromatic N) is 4. The fraction of sp³-hybridized carbons (Fsp3) is 0.214. The maximum absolute atomic E-state index is 13.3. The molecule has 190 valence electrons. The standard InChI is InChI=1S/C28H23N5O4S/c1-37-26-23(32-38(35,36)20-6-3-2-4-7-20)15-19(16-31-26)18-8-9-22-21(14-18)25-24(17-30-22)33(13-5-12-29)27(34)28(25)10-11-28/h2-4,6-9,14-17,32H,5,10-11,13H2,1H3. The third-order valence-electron chi connectivity index (χ3n) is 7.14. The maximum Gasteiger partial charge on any atom is 0.262 e. The van der Waals surface area contributed by atoms with E-state index in [4.69, 9.17) is 10.00 Å². The lowest BCUT2D eigenvalue weighted by atomic mass is 9.92. The van der Waals surface area contributed by atoms with Gasteiger partial charge in [0, 0.05) is 29.3 Å². The third kappa shape index (κ3) is 3.74. The molecule has 6 rings (SSSR count). The van der Waals surface area contributed by atoms with Crippen LogP contribution in [0.5, 0.6) is 5.88 Å². The Bertz CT molecular complexity index is 1740. The molecule has 0 saturated heterocycles. The zero-order valence-electron chi connectivity index (χ0n) is 20.5. The van der Waals surface area contributed by atoms with Gasteiger partial charge in [0.05, 0.1) is 47.3 Å². The number of sulfonamides is 1. The van der Waals surface area contributed by atoms with Crippen molar-refractivity contribution < 1.29 is 17.9 Å². The van der Waals surface area contributed by atoms with Crippen LogP contribution in [0.15, 0.2) is 71.9 Å². The largest absolute Gasteiger partial charge is 0.480 e. The number of amides is 1. The van der Waals surface area contributed by atoms with Gasteiger partial charge in [-0.05, 0) is 48.7 Å². The molecule has 4 aromatic rings. The normalized spacial score (nSPS) is 15.4. The van der Waals surface area contributed by atoms with Gasteiger partial charge in [0.25, 0.3) is 10.0 Å². The number of aromatic nitrogens is 2. The third-order valence-corrected chi connectivity index (χ3v) is 8.53. The predicted molar refractivity (Wildman–Crippen MR) is 142 cm³/mol. The summed E-state index contributed by atoms with van der Waals surface area (Å²) in [6.07, 6.45) is 5.12. The van der Waals surface area contributed by atoms with Gasteiger partial charge in [-0.25, -0.2) is 13.4 Å². The SMILES string of the molecule is COc1ncc(-c2ccc3ncc4c(c3c2)C2(CC2)C(=O)N4CCC#N)cc1NS(=O)(=O)c1ccccc1. The van der Waals surface area contributed by atoms with Crippen molar-refractivity contribution >= 4 is 38.2 Å². The first-order chi connectivity index (χ1) is 18.4. The monoisotopic (exact) mass is 525 g/mol. The first-order valence-electron chi connectivity index (χ1n) is 12.1. The molecule has 1 fully saturated rings. The molecule has 2 aromatic carbocycles. The van der Waals surface area contributed by atoms with Crippen LogP contribution in [0.4, 0.5) is 11.4 Å². The Labute approximate surface area is 219 Å². The minimum Gasteiger partial charge on any atom is -0.480 e. The summed E-state index contributed by atoms with van der Waals surface area (Å²) in [5, 5.41) is 9.94. The highest BCUT2D eigenvalue weighted by atomic mass is 32.2. The molecule has 2 aliphatic rings. The Balaban J connectivity index is 1.44. The molecule has 0 bridgehead atoms. The number of methoxy groups -OCH3 is 1. The van der Waals surface area contributed by atoms with Gasteiger partial charge in [-0.3, -0.25) is 14.5 Å². The topological polar surface area (TPSA) is 125 Å². The number of rotatable bonds is 7. The average Bonchev–Trinajstić information content (AvgIpc) is 3.70. The summed E-state index contributed by atoms with van der Waals surface area (Å²) >= 11 is 0. The van der Waals surface area contributed by atoms with Crippen molar-refractivity contribution in [3.8, 4) is 23.1 Å².